The first-order valence-electron chi connectivity index (χ1n) is 5.74. The molecule has 2 atom stereocenters. The highest BCUT2D eigenvalue weighted by Crippen LogP contribution is 2.32. The van der Waals surface area contributed by atoms with Crippen molar-refractivity contribution in [2.75, 3.05) is 23.9 Å². The van der Waals surface area contributed by atoms with Crippen LogP contribution in [0.15, 0.2) is 10.7 Å². The summed E-state index contributed by atoms with van der Waals surface area (Å²) in [4.78, 5) is 8.59. The maximum atomic E-state index is 4.43. The fraction of sp³-hybridized carbons (Fsp3) is 0.636. The van der Waals surface area contributed by atoms with Crippen LogP contribution in [0.2, 0.25) is 0 Å². The Hall–Kier alpha value is -0.490. The molecule has 0 aromatic carbocycles. The van der Waals surface area contributed by atoms with E-state index in [9.17, 15) is 0 Å². The maximum absolute atomic E-state index is 4.43. The summed E-state index contributed by atoms with van der Waals surface area (Å²) < 4.78 is 0.920. The lowest BCUT2D eigenvalue weighted by Gasteiger charge is -2.20. The fourth-order valence-corrected chi connectivity index (χ4v) is 3.38. The van der Waals surface area contributed by atoms with Gasteiger partial charge in [0.05, 0.1) is 4.47 Å². The van der Waals surface area contributed by atoms with E-state index in [-0.39, 0.29) is 0 Å². The summed E-state index contributed by atoms with van der Waals surface area (Å²) >= 11 is 5.43. The van der Waals surface area contributed by atoms with Gasteiger partial charge in [0.15, 0.2) is 0 Å². The van der Waals surface area contributed by atoms with Gasteiger partial charge < -0.3 is 10.6 Å². The molecule has 1 fully saturated rings. The summed E-state index contributed by atoms with van der Waals surface area (Å²) in [5.41, 5.74) is 0. The van der Waals surface area contributed by atoms with E-state index in [0.29, 0.717) is 17.2 Å². The summed E-state index contributed by atoms with van der Waals surface area (Å²) in [7, 11) is 1.83. The van der Waals surface area contributed by atoms with Gasteiger partial charge >= 0.3 is 0 Å². The SMILES string of the molecule is CNc1ncc(Br)c(NC2CCCC2SC)n1. The number of nitrogens with one attached hydrogen (secondary N) is 2. The van der Waals surface area contributed by atoms with Gasteiger partial charge in [0.1, 0.15) is 5.82 Å². The standard InChI is InChI=1S/C11H17BrN4S/c1-13-11-14-6-7(12)10(16-11)15-8-4-3-5-9(8)17-2/h6,8-9H,3-5H2,1-2H3,(H2,13,14,15,16). The molecule has 0 amide bonds. The molecule has 0 spiro atoms. The van der Waals surface area contributed by atoms with Crippen LogP contribution in [0.3, 0.4) is 0 Å². The smallest absolute Gasteiger partial charge is 0.224 e. The van der Waals surface area contributed by atoms with Crippen LogP contribution < -0.4 is 10.6 Å². The molecule has 0 radical (unpaired) electrons. The minimum Gasteiger partial charge on any atom is -0.365 e. The van der Waals surface area contributed by atoms with E-state index in [1.165, 1.54) is 19.3 Å². The second kappa shape index (κ2) is 5.91. The van der Waals surface area contributed by atoms with Gasteiger partial charge in [-0.05, 0) is 35.0 Å². The topological polar surface area (TPSA) is 49.8 Å². The summed E-state index contributed by atoms with van der Waals surface area (Å²) in [5.74, 6) is 1.53. The number of nitrogens with zero attached hydrogens (tertiary/aromatic N) is 2. The molecule has 2 rings (SSSR count). The average Bonchev–Trinajstić information content (AvgIpc) is 2.79. The van der Waals surface area contributed by atoms with Crippen LogP contribution in [0.4, 0.5) is 11.8 Å². The third-order valence-corrected chi connectivity index (χ3v) is 4.80. The minimum atomic E-state index is 0.515. The largest absolute Gasteiger partial charge is 0.365 e. The number of thioether (sulfide) groups is 1. The molecule has 0 aliphatic heterocycles. The molecule has 6 heteroatoms. The molecular formula is C11H17BrN4S. The van der Waals surface area contributed by atoms with Crippen molar-refractivity contribution in [1.29, 1.82) is 0 Å². The number of aromatic nitrogens is 2. The Morgan fingerprint density at radius 1 is 1.47 bits per heavy atom. The summed E-state index contributed by atoms with van der Waals surface area (Å²) in [6, 6.07) is 0.515. The van der Waals surface area contributed by atoms with Gasteiger partial charge in [0.2, 0.25) is 5.95 Å². The third kappa shape index (κ3) is 3.04. The molecule has 1 aliphatic rings. The van der Waals surface area contributed by atoms with E-state index < -0.39 is 0 Å². The first-order valence-corrected chi connectivity index (χ1v) is 7.82. The van der Waals surface area contributed by atoms with E-state index in [4.69, 9.17) is 0 Å². The van der Waals surface area contributed by atoms with Gasteiger partial charge in [-0.3, -0.25) is 0 Å². The number of hydrogen-bond acceptors (Lipinski definition) is 5. The second-order valence-electron chi connectivity index (χ2n) is 4.10. The van der Waals surface area contributed by atoms with Crippen molar-refractivity contribution in [2.24, 2.45) is 0 Å². The molecule has 1 heterocycles. The molecule has 17 heavy (non-hydrogen) atoms. The van der Waals surface area contributed by atoms with E-state index in [0.717, 1.165) is 10.3 Å². The summed E-state index contributed by atoms with van der Waals surface area (Å²) in [6.07, 6.45) is 7.77. The van der Waals surface area contributed by atoms with Crippen molar-refractivity contribution < 1.29 is 0 Å². The zero-order chi connectivity index (χ0) is 12.3. The van der Waals surface area contributed by atoms with Crippen LogP contribution >= 0.6 is 27.7 Å². The van der Waals surface area contributed by atoms with Gasteiger partial charge in [-0.1, -0.05) is 6.42 Å². The highest BCUT2D eigenvalue weighted by Gasteiger charge is 2.27. The monoisotopic (exact) mass is 316 g/mol. The van der Waals surface area contributed by atoms with E-state index >= 15 is 0 Å². The lowest BCUT2D eigenvalue weighted by Crippen LogP contribution is -2.26. The number of rotatable bonds is 4. The predicted molar refractivity (Wildman–Crippen MR) is 77.8 cm³/mol. The van der Waals surface area contributed by atoms with Gasteiger partial charge in [-0.25, -0.2) is 4.98 Å². The molecule has 1 aromatic heterocycles. The van der Waals surface area contributed by atoms with Gasteiger partial charge in [0.25, 0.3) is 0 Å². The normalized spacial score (nSPS) is 23.7. The van der Waals surface area contributed by atoms with Crippen LogP contribution in [0.5, 0.6) is 0 Å². The van der Waals surface area contributed by atoms with Crippen molar-refractivity contribution in [3.63, 3.8) is 0 Å². The maximum Gasteiger partial charge on any atom is 0.224 e. The first kappa shape index (κ1) is 13.0. The lowest BCUT2D eigenvalue weighted by molar-refractivity contribution is 0.762. The molecule has 0 saturated heterocycles. The molecular weight excluding hydrogens is 300 g/mol. The van der Waals surface area contributed by atoms with Crippen molar-refractivity contribution >= 4 is 39.5 Å². The van der Waals surface area contributed by atoms with Crippen molar-refractivity contribution in [2.45, 2.75) is 30.6 Å². The van der Waals surface area contributed by atoms with Crippen molar-refractivity contribution in [3.05, 3.63) is 10.7 Å². The second-order valence-corrected chi connectivity index (χ2v) is 6.03. The van der Waals surface area contributed by atoms with E-state index in [2.05, 4.69) is 42.8 Å². The molecule has 1 aromatic rings. The van der Waals surface area contributed by atoms with Crippen molar-refractivity contribution in [3.8, 4) is 0 Å². The Labute approximate surface area is 115 Å². The van der Waals surface area contributed by atoms with E-state index in [1.807, 2.05) is 18.8 Å². The minimum absolute atomic E-state index is 0.515. The van der Waals surface area contributed by atoms with Crippen LogP contribution in [-0.4, -0.2) is 34.6 Å². The Bertz CT molecular complexity index is 388. The predicted octanol–water partition coefficient (Wildman–Crippen LogP) is 2.98. The molecule has 2 N–H and O–H groups in total. The molecule has 1 aliphatic carbocycles. The Balaban J connectivity index is 2.12. The van der Waals surface area contributed by atoms with Crippen LogP contribution in [0.25, 0.3) is 0 Å². The van der Waals surface area contributed by atoms with Crippen molar-refractivity contribution in [1.82, 2.24) is 9.97 Å². The Morgan fingerprint density at radius 2 is 2.29 bits per heavy atom. The Kier molecular flexibility index (Phi) is 4.50. The fourth-order valence-electron chi connectivity index (χ4n) is 2.14. The highest BCUT2D eigenvalue weighted by atomic mass is 79.9. The molecule has 1 saturated carbocycles. The zero-order valence-electron chi connectivity index (χ0n) is 10.0. The summed E-state index contributed by atoms with van der Waals surface area (Å²) in [6.45, 7) is 0. The molecule has 94 valence electrons. The number of anilines is 2. The lowest BCUT2D eigenvalue weighted by atomic mass is 10.2. The van der Waals surface area contributed by atoms with Gasteiger partial charge in [-0.2, -0.15) is 16.7 Å². The molecule has 0 bridgehead atoms. The van der Waals surface area contributed by atoms with Crippen LogP contribution in [0.1, 0.15) is 19.3 Å². The zero-order valence-corrected chi connectivity index (χ0v) is 12.4. The van der Waals surface area contributed by atoms with Gasteiger partial charge in [0, 0.05) is 24.5 Å². The molecule has 2 unspecified atom stereocenters. The Morgan fingerprint density at radius 3 is 3.00 bits per heavy atom. The number of halogens is 1. The van der Waals surface area contributed by atoms with E-state index in [1.54, 1.807) is 6.20 Å². The highest BCUT2D eigenvalue weighted by molar-refractivity contribution is 9.10. The summed E-state index contributed by atoms with van der Waals surface area (Å²) in [5, 5.41) is 7.17. The quantitative estimate of drug-likeness (QED) is 0.894. The average molecular weight is 317 g/mol. The number of hydrogen-bond donors (Lipinski definition) is 2. The van der Waals surface area contributed by atoms with Crippen LogP contribution in [-0.2, 0) is 0 Å². The third-order valence-electron chi connectivity index (χ3n) is 3.05. The van der Waals surface area contributed by atoms with Gasteiger partial charge in [-0.15, -0.1) is 0 Å². The van der Waals surface area contributed by atoms with Crippen LogP contribution in [0, 0.1) is 0 Å². The first-order chi connectivity index (χ1) is 8.24. The molecule has 4 nitrogen and oxygen atoms in total.